The van der Waals surface area contributed by atoms with Crippen LogP contribution in [0.25, 0.3) is 0 Å². The number of rotatable bonds is 6. The molecule has 1 N–H and O–H groups in total. The van der Waals surface area contributed by atoms with E-state index in [0.29, 0.717) is 5.75 Å². The summed E-state index contributed by atoms with van der Waals surface area (Å²) in [4.78, 5) is 11.7. The van der Waals surface area contributed by atoms with Gasteiger partial charge in [0.25, 0.3) is 0 Å². The Morgan fingerprint density at radius 3 is 2.39 bits per heavy atom. The first kappa shape index (κ1) is 15.3. The molecule has 0 saturated heterocycles. The Labute approximate surface area is 116 Å². The van der Waals surface area contributed by atoms with Crippen LogP contribution in [-0.4, -0.2) is 25.5 Å². The van der Waals surface area contributed by atoms with Crippen LogP contribution in [-0.2, 0) is 4.79 Å². The first-order valence-electron chi connectivity index (χ1n) is 6.31. The summed E-state index contributed by atoms with van der Waals surface area (Å²) in [6, 6.07) is 9.18. The molecule has 1 rings (SSSR count). The molecule has 0 saturated carbocycles. The first-order chi connectivity index (χ1) is 8.37. The fraction of sp³-hybridized carbons (Fsp3) is 0.500. The van der Waals surface area contributed by atoms with Gasteiger partial charge >= 0.3 is 0 Å². The molecule has 0 aliphatic rings. The average Bonchev–Trinajstić information content (AvgIpc) is 2.26. The zero-order valence-electron chi connectivity index (χ0n) is 11.7. The van der Waals surface area contributed by atoms with Crippen LogP contribution in [0.4, 0.5) is 5.69 Å². The maximum Gasteiger partial charge on any atom is 0.234 e. The van der Waals surface area contributed by atoms with Crippen molar-refractivity contribution in [1.29, 1.82) is 0 Å². The second-order valence-corrected chi connectivity index (χ2v) is 12.5. The second kappa shape index (κ2) is 7.00. The maximum atomic E-state index is 11.7. The van der Waals surface area contributed by atoms with Crippen LogP contribution in [0, 0.1) is 6.92 Å². The molecule has 4 heteroatoms. The van der Waals surface area contributed by atoms with Crippen molar-refractivity contribution in [3.8, 4) is 0 Å². The highest BCUT2D eigenvalue weighted by atomic mass is 32.2. The summed E-state index contributed by atoms with van der Waals surface area (Å²) in [5, 5.41) is 2.92. The molecule has 0 heterocycles. The molecule has 1 aromatic rings. The Bertz CT molecular complexity index is 384. The zero-order valence-corrected chi connectivity index (χ0v) is 13.6. The number of amides is 1. The number of carbonyl (C=O) groups excluding carboxylic acids is 1. The van der Waals surface area contributed by atoms with E-state index in [-0.39, 0.29) is 5.91 Å². The summed E-state index contributed by atoms with van der Waals surface area (Å²) in [5.41, 5.74) is 2.09. The van der Waals surface area contributed by atoms with E-state index in [4.69, 9.17) is 0 Å². The second-order valence-electron chi connectivity index (χ2n) is 5.78. The molecule has 18 heavy (non-hydrogen) atoms. The van der Waals surface area contributed by atoms with Gasteiger partial charge in [-0.15, -0.1) is 0 Å². The minimum absolute atomic E-state index is 0.0967. The zero-order chi connectivity index (χ0) is 13.6. The normalized spacial score (nSPS) is 11.3. The van der Waals surface area contributed by atoms with Gasteiger partial charge in [-0.3, -0.25) is 4.79 Å². The summed E-state index contributed by atoms with van der Waals surface area (Å²) in [6.07, 6.45) is 0. The highest BCUT2D eigenvalue weighted by Crippen LogP contribution is 2.14. The lowest BCUT2D eigenvalue weighted by molar-refractivity contribution is -0.113. The predicted molar refractivity (Wildman–Crippen MR) is 85.3 cm³/mol. The maximum absolute atomic E-state index is 11.7. The molecule has 1 amide bonds. The van der Waals surface area contributed by atoms with Gasteiger partial charge in [0.1, 0.15) is 0 Å². The van der Waals surface area contributed by atoms with E-state index in [1.165, 1.54) is 11.6 Å². The molecule has 0 aliphatic heterocycles. The van der Waals surface area contributed by atoms with Gasteiger partial charge in [-0.05, 0) is 30.9 Å². The van der Waals surface area contributed by atoms with E-state index in [9.17, 15) is 4.79 Å². The SMILES string of the molecule is Cc1ccc(NC(=O)CSCC[Si](C)(C)C)cc1. The largest absolute Gasteiger partial charge is 0.325 e. The summed E-state index contributed by atoms with van der Waals surface area (Å²) < 4.78 is 0. The third kappa shape index (κ3) is 6.86. The monoisotopic (exact) mass is 281 g/mol. The third-order valence-corrected chi connectivity index (χ3v) is 5.64. The van der Waals surface area contributed by atoms with Crippen molar-refractivity contribution >= 4 is 31.4 Å². The molecule has 0 bridgehead atoms. The van der Waals surface area contributed by atoms with Crippen molar-refractivity contribution < 1.29 is 4.79 Å². The Hall–Kier alpha value is -0.743. The van der Waals surface area contributed by atoms with Crippen molar-refractivity contribution in [3.63, 3.8) is 0 Å². The minimum Gasteiger partial charge on any atom is -0.325 e. The van der Waals surface area contributed by atoms with Crippen LogP contribution in [0.3, 0.4) is 0 Å². The third-order valence-electron chi connectivity index (χ3n) is 2.56. The highest BCUT2D eigenvalue weighted by molar-refractivity contribution is 8.00. The smallest absolute Gasteiger partial charge is 0.234 e. The molecule has 2 nitrogen and oxygen atoms in total. The van der Waals surface area contributed by atoms with E-state index in [1.807, 2.05) is 31.2 Å². The van der Waals surface area contributed by atoms with Crippen molar-refractivity contribution in [2.45, 2.75) is 32.6 Å². The van der Waals surface area contributed by atoms with Gasteiger partial charge in [-0.1, -0.05) is 37.3 Å². The average molecular weight is 281 g/mol. The lowest BCUT2D eigenvalue weighted by Crippen LogP contribution is -2.21. The fourth-order valence-electron chi connectivity index (χ4n) is 1.38. The van der Waals surface area contributed by atoms with Crippen LogP contribution < -0.4 is 5.32 Å². The predicted octanol–water partition coefficient (Wildman–Crippen LogP) is 4.00. The van der Waals surface area contributed by atoms with Crippen LogP contribution >= 0.6 is 11.8 Å². The minimum atomic E-state index is -0.962. The summed E-state index contributed by atoms with van der Waals surface area (Å²) in [5.74, 6) is 1.74. The number of hydrogen-bond acceptors (Lipinski definition) is 2. The molecular formula is C14H23NOSSi. The van der Waals surface area contributed by atoms with Crippen LogP contribution in [0.1, 0.15) is 5.56 Å². The van der Waals surface area contributed by atoms with Gasteiger partial charge in [0.15, 0.2) is 0 Å². The standard InChI is InChI=1S/C14H23NOSSi/c1-12-5-7-13(8-6-12)15-14(16)11-17-9-10-18(2,3)4/h5-8H,9-11H2,1-4H3,(H,15,16). The fourth-order valence-corrected chi connectivity index (χ4v) is 4.81. The van der Waals surface area contributed by atoms with E-state index in [0.717, 1.165) is 11.4 Å². The molecule has 0 aliphatic carbocycles. The molecule has 0 spiro atoms. The topological polar surface area (TPSA) is 29.1 Å². The van der Waals surface area contributed by atoms with E-state index >= 15 is 0 Å². The van der Waals surface area contributed by atoms with Crippen molar-refractivity contribution in [3.05, 3.63) is 29.8 Å². The van der Waals surface area contributed by atoms with Gasteiger partial charge in [-0.2, -0.15) is 11.8 Å². The van der Waals surface area contributed by atoms with Crippen LogP contribution in [0.5, 0.6) is 0 Å². The van der Waals surface area contributed by atoms with Gasteiger partial charge in [-0.25, -0.2) is 0 Å². The Morgan fingerprint density at radius 2 is 1.83 bits per heavy atom. The number of carbonyl (C=O) groups is 1. The van der Waals surface area contributed by atoms with Crippen LogP contribution in [0.15, 0.2) is 24.3 Å². The van der Waals surface area contributed by atoms with Crippen LogP contribution in [0.2, 0.25) is 25.7 Å². The van der Waals surface area contributed by atoms with Crippen molar-refractivity contribution in [1.82, 2.24) is 0 Å². The quantitative estimate of drug-likeness (QED) is 0.630. The van der Waals surface area contributed by atoms with Gasteiger partial charge < -0.3 is 5.32 Å². The Kier molecular flexibility index (Phi) is 5.95. The summed E-state index contributed by atoms with van der Waals surface area (Å²) in [7, 11) is -0.962. The summed E-state index contributed by atoms with van der Waals surface area (Å²) in [6.45, 7) is 9.12. The van der Waals surface area contributed by atoms with Gasteiger partial charge in [0.2, 0.25) is 5.91 Å². The number of thioether (sulfide) groups is 1. The molecule has 100 valence electrons. The number of nitrogens with one attached hydrogen (secondary N) is 1. The van der Waals surface area contributed by atoms with Gasteiger partial charge in [0, 0.05) is 13.8 Å². The highest BCUT2D eigenvalue weighted by Gasteiger charge is 2.12. The molecular weight excluding hydrogens is 258 g/mol. The summed E-state index contributed by atoms with van der Waals surface area (Å²) >= 11 is 1.73. The number of hydrogen-bond donors (Lipinski definition) is 1. The van der Waals surface area contributed by atoms with E-state index in [2.05, 4.69) is 25.0 Å². The van der Waals surface area contributed by atoms with Gasteiger partial charge in [0.05, 0.1) is 5.75 Å². The van der Waals surface area contributed by atoms with E-state index < -0.39 is 8.07 Å². The Morgan fingerprint density at radius 1 is 1.22 bits per heavy atom. The molecule has 0 unspecified atom stereocenters. The number of anilines is 1. The van der Waals surface area contributed by atoms with Crippen molar-refractivity contribution in [2.75, 3.05) is 16.8 Å². The first-order valence-corrected chi connectivity index (χ1v) is 11.2. The molecule has 0 aromatic heterocycles. The Balaban J connectivity index is 2.24. The van der Waals surface area contributed by atoms with E-state index in [1.54, 1.807) is 11.8 Å². The number of benzene rings is 1. The number of aryl methyl sites for hydroxylation is 1. The molecule has 1 aromatic carbocycles. The lowest BCUT2D eigenvalue weighted by atomic mass is 10.2. The van der Waals surface area contributed by atoms with Crippen molar-refractivity contribution in [2.24, 2.45) is 0 Å². The molecule has 0 fully saturated rings. The molecule has 0 radical (unpaired) electrons. The molecule has 0 atom stereocenters. The lowest BCUT2D eigenvalue weighted by Gasteiger charge is -2.14.